The molecule has 0 bridgehead atoms. The van der Waals surface area contributed by atoms with Gasteiger partial charge in [0.2, 0.25) is 0 Å². The van der Waals surface area contributed by atoms with E-state index in [1.807, 2.05) is 18.3 Å². The van der Waals surface area contributed by atoms with E-state index in [1.165, 1.54) is 9.80 Å². The molecule has 4 aromatic rings. The van der Waals surface area contributed by atoms with Crippen molar-refractivity contribution in [3.8, 4) is 11.1 Å². The van der Waals surface area contributed by atoms with E-state index in [1.54, 1.807) is 53.4 Å². The van der Waals surface area contributed by atoms with Crippen LogP contribution in [0.2, 0.25) is 5.02 Å². The molecule has 4 heterocycles. The standard InChI is InChI=1S/C24H21ClN6O3/c25-20-5-1-10-27-22(20)31(18-4-2-12-29(15-18)24(33)34)23(32)17-8-6-16(7-9-17)19-14-28-30-13-3-11-26-21(19)30/h1,3,5-11,13-14,18H,2,4,12,15H2,(H,33,34)/t18-/m1/s1. The summed E-state index contributed by atoms with van der Waals surface area (Å²) in [6.07, 6.45) is 7.12. The van der Waals surface area contributed by atoms with Crippen molar-refractivity contribution in [2.24, 2.45) is 0 Å². The van der Waals surface area contributed by atoms with E-state index in [0.717, 1.165) is 16.8 Å². The van der Waals surface area contributed by atoms with Gasteiger partial charge in [-0.25, -0.2) is 19.3 Å². The number of hydrogen-bond donors (Lipinski definition) is 1. The number of fused-ring (bicyclic) bond motifs is 1. The van der Waals surface area contributed by atoms with Crippen LogP contribution in [0.3, 0.4) is 0 Å². The van der Waals surface area contributed by atoms with Gasteiger partial charge in [-0.1, -0.05) is 23.7 Å². The summed E-state index contributed by atoms with van der Waals surface area (Å²) in [6.45, 7) is 0.631. The highest BCUT2D eigenvalue weighted by molar-refractivity contribution is 6.33. The molecule has 0 unspecified atom stereocenters. The normalized spacial score (nSPS) is 15.9. The molecule has 172 valence electrons. The van der Waals surface area contributed by atoms with Gasteiger partial charge in [0.1, 0.15) is 0 Å². The fourth-order valence-corrected chi connectivity index (χ4v) is 4.50. The molecule has 0 radical (unpaired) electrons. The van der Waals surface area contributed by atoms with Crippen molar-refractivity contribution < 1.29 is 14.7 Å². The Morgan fingerprint density at radius 1 is 1.09 bits per heavy atom. The molecule has 0 saturated carbocycles. The van der Waals surface area contributed by atoms with Crippen LogP contribution in [0.5, 0.6) is 0 Å². The van der Waals surface area contributed by atoms with Crippen LogP contribution in [0.1, 0.15) is 23.2 Å². The molecular weight excluding hydrogens is 456 g/mol. The van der Waals surface area contributed by atoms with E-state index in [0.29, 0.717) is 35.8 Å². The summed E-state index contributed by atoms with van der Waals surface area (Å²) < 4.78 is 1.69. The molecule has 1 fully saturated rings. The fourth-order valence-electron chi connectivity index (χ4n) is 4.29. The average Bonchev–Trinajstić information content (AvgIpc) is 3.30. The molecule has 1 N–H and O–H groups in total. The number of likely N-dealkylation sites (tertiary alicyclic amines) is 1. The molecule has 3 aromatic heterocycles. The monoisotopic (exact) mass is 476 g/mol. The minimum Gasteiger partial charge on any atom is -0.465 e. The third-order valence-electron chi connectivity index (χ3n) is 5.94. The zero-order valence-corrected chi connectivity index (χ0v) is 18.8. The van der Waals surface area contributed by atoms with Crippen LogP contribution in [0.15, 0.2) is 67.3 Å². The number of anilines is 1. The van der Waals surface area contributed by atoms with E-state index >= 15 is 0 Å². The third-order valence-corrected chi connectivity index (χ3v) is 6.24. The smallest absolute Gasteiger partial charge is 0.407 e. The number of rotatable bonds is 4. The Hall–Kier alpha value is -3.98. The summed E-state index contributed by atoms with van der Waals surface area (Å²) in [5, 5.41) is 14.1. The number of halogens is 1. The maximum Gasteiger partial charge on any atom is 0.407 e. The first kappa shape index (κ1) is 21.8. The summed E-state index contributed by atoms with van der Waals surface area (Å²) in [6, 6.07) is 12.0. The third kappa shape index (κ3) is 4.06. The van der Waals surface area contributed by atoms with Gasteiger partial charge in [-0.05, 0) is 48.7 Å². The van der Waals surface area contributed by atoms with Crippen molar-refractivity contribution in [3.63, 3.8) is 0 Å². The minimum atomic E-state index is -1.00. The summed E-state index contributed by atoms with van der Waals surface area (Å²) >= 11 is 6.41. The number of carbonyl (C=O) groups excluding carboxylic acids is 1. The number of aromatic nitrogens is 4. The van der Waals surface area contributed by atoms with Gasteiger partial charge in [0.25, 0.3) is 5.91 Å². The Kier molecular flexibility index (Phi) is 5.85. The van der Waals surface area contributed by atoms with Crippen molar-refractivity contribution >= 4 is 35.1 Å². The minimum absolute atomic E-state index is 0.195. The summed E-state index contributed by atoms with van der Waals surface area (Å²) in [4.78, 5) is 36.9. The lowest BCUT2D eigenvalue weighted by Gasteiger charge is -2.38. The molecule has 1 saturated heterocycles. The Morgan fingerprint density at radius 3 is 2.65 bits per heavy atom. The molecule has 5 rings (SSSR count). The van der Waals surface area contributed by atoms with Crippen molar-refractivity contribution in [3.05, 3.63) is 77.8 Å². The highest BCUT2D eigenvalue weighted by Gasteiger charge is 2.34. The van der Waals surface area contributed by atoms with Crippen LogP contribution in [-0.4, -0.2) is 60.7 Å². The zero-order chi connectivity index (χ0) is 23.7. The average molecular weight is 477 g/mol. The van der Waals surface area contributed by atoms with E-state index in [-0.39, 0.29) is 18.5 Å². The molecule has 34 heavy (non-hydrogen) atoms. The largest absolute Gasteiger partial charge is 0.465 e. The quantitative estimate of drug-likeness (QED) is 0.472. The van der Waals surface area contributed by atoms with Gasteiger partial charge in [-0.15, -0.1) is 0 Å². The molecule has 0 aliphatic carbocycles. The molecule has 1 atom stereocenters. The Morgan fingerprint density at radius 2 is 1.88 bits per heavy atom. The van der Waals surface area contributed by atoms with Crippen molar-refractivity contribution in [1.29, 1.82) is 0 Å². The van der Waals surface area contributed by atoms with Gasteiger partial charge in [0.15, 0.2) is 11.5 Å². The second-order valence-electron chi connectivity index (χ2n) is 8.03. The fraction of sp³-hybridized carbons (Fsp3) is 0.208. The highest BCUT2D eigenvalue weighted by atomic mass is 35.5. The van der Waals surface area contributed by atoms with E-state index in [9.17, 15) is 14.7 Å². The lowest BCUT2D eigenvalue weighted by Crippen LogP contribution is -2.52. The van der Waals surface area contributed by atoms with E-state index in [2.05, 4.69) is 15.1 Å². The zero-order valence-electron chi connectivity index (χ0n) is 18.1. The van der Waals surface area contributed by atoms with Crippen molar-refractivity contribution in [2.75, 3.05) is 18.0 Å². The lowest BCUT2D eigenvalue weighted by molar-refractivity contribution is 0.0941. The lowest BCUT2D eigenvalue weighted by atomic mass is 10.0. The second kappa shape index (κ2) is 9.11. The first-order valence-corrected chi connectivity index (χ1v) is 11.2. The number of carbonyl (C=O) groups is 2. The van der Waals surface area contributed by atoms with Crippen molar-refractivity contribution in [2.45, 2.75) is 18.9 Å². The first-order valence-electron chi connectivity index (χ1n) is 10.8. The van der Waals surface area contributed by atoms with Gasteiger partial charge in [-0.2, -0.15) is 5.10 Å². The number of nitrogens with zero attached hydrogens (tertiary/aromatic N) is 6. The van der Waals surface area contributed by atoms with Crippen LogP contribution in [0.4, 0.5) is 10.6 Å². The second-order valence-corrected chi connectivity index (χ2v) is 8.44. The summed E-state index contributed by atoms with van der Waals surface area (Å²) in [5.74, 6) is 0.0321. The number of carboxylic acid groups (broad SMARTS) is 1. The van der Waals surface area contributed by atoms with Crippen LogP contribution >= 0.6 is 11.6 Å². The molecule has 1 aliphatic heterocycles. The predicted molar refractivity (Wildman–Crippen MR) is 127 cm³/mol. The molecule has 9 nitrogen and oxygen atoms in total. The van der Waals surface area contributed by atoms with Crippen LogP contribution < -0.4 is 4.90 Å². The van der Waals surface area contributed by atoms with E-state index in [4.69, 9.17) is 11.6 Å². The molecule has 1 aromatic carbocycles. The first-order chi connectivity index (χ1) is 16.5. The van der Waals surface area contributed by atoms with Crippen LogP contribution in [0, 0.1) is 0 Å². The SMILES string of the molecule is O=C(O)N1CCC[C@@H](N(C(=O)c2ccc(-c3cnn4cccnc34)cc2)c2ncccc2Cl)C1. The molecule has 0 spiro atoms. The van der Waals surface area contributed by atoms with Gasteiger partial charge in [-0.3, -0.25) is 9.69 Å². The number of benzene rings is 1. The van der Waals surface area contributed by atoms with Gasteiger partial charge < -0.3 is 10.0 Å². The Bertz CT molecular complexity index is 1360. The van der Waals surface area contributed by atoms with Crippen molar-refractivity contribution in [1.82, 2.24) is 24.5 Å². The molecular formula is C24H21ClN6O3. The summed E-state index contributed by atoms with van der Waals surface area (Å²) in [7, 11) is 0. The number of pyridine rings is 1. The topological polar surface area (TPSA) is 104 Å². The number of piperidine rings is 1. The van der Waals surface area contributed by atoms with Gasteiger partial charge in [0.05, 0.1) is 17.3 Å². The highest BCUT2D eigenvalue weighted by Crippen LogP contribution is 2.30. The maximum absolute atomic E-state index is 13.7. The van der Waals surface area contributed by atoms with Gasteiger partial charge in [0, 0.05) is 42.8 Å². The Balaban J connectivity index is 1.49. The number of hydrogen-bond acceptors (Lipinski definition) is 5. The Labute approximate surface area is 200 Å². The molecule has 2 amide bonds. The molecule has 1 aliphatic rings. The number of amides is 2. The predicted octanol–water partition coefficient (Wildman–Crippen LogP) is 4.23. The van der Waals surface area contributed by atoms with Crippen LogP contribution in [-0.2, 0) is 0 Å². The molecule has 10 heteroatoms. The van der Waals surface area contributed by atoms with E-state index < -0.39 is 6.09 Å². The maximum atomic E-state index is 13.7. The van der Waals surface area contributed by atoms with Gasteiger partial charge >= 0.3 is 6.09 Å². The van der Waals surface area contributed by atoms with Crippen LogP contribution in [0.25, 0.3) is 16.8 Å². The summed E-state index contributed by atoms with van der Waals surface area (Å²) in [5.41, 5.74) is 2.90.